The molecule has 0 unspecified atom stereocenters. The molecule has 3 rings (SSSR count). The lowest BCUT2D eigenvalue weighted by molar-refractivity contribution is 0.0347. The number of rotatable bonds is 5. The molecule has 3 aromatic rings. The summed E-state index contributed by atoms with van der Waals surface area (Å²) in [5.41, 5.74) is 1.31. The Morgan fingerprint density at radius 2 is 1.76 bits per heavy atom. The third-order valence-corrected chi connectivity index (χ3v) is 2.83. The van der Waals surface area contributed by atoms with Crippen LogP contribution in [0.5, 0.6) is 0 Å². The van der Waals surface area contributed by atoms with Gasteiger partial charge in [0.25, 0.3) is 0 Å². The van der Waals surface area contributed by atoms with Gasteiger partial charge in [-0.2, -0.15) is 10.2 Å². The zero-order valence-corrected chi connectivity index (χ0v) is 11.0. The monoisotopic (exact) mass is 284 g/mol. The summed E-state index contributed by atoms with van der Waals surface area (Å²) in [7, 11) is 0. The Kier molecular flexibility index (Phi) is 3.68. The summed E-state index contributed by atoms with van der Waals surface area (Å²) >= 11 is 0. The molecule has 0 aliphatic heterocycles. The van der Waals surface area contributed by atoms with Gasteiger partial charge in [-0.25, -0.2) is 24.1 Å². The van der Waals surface area contributed by atoms with Crippen LogP contribution in [0.1, 0.15) is 15.9 Å². The number of nitrogens with zero attached hydrogens (tertiary/aromatic N) is 6. The predicted molar refractivity (Wildman–Crippen MR) is 71.0 cm³/mol. The molecule has 2 aromatic heterocycles. The maximum absolute atomic E-state index is 12.2. The van der Waals surface area contributed by atoms with Crippen LogP contribution < -0.4 is 0 Å². The van der Waals surface area contributed by atoms with Gasteiger partial charge in [0.05, 0.1) is 12.1 Å². The maximum Gasteiger partial charge on any atom is 0.340 e. The molecule has 0 radical (unpaired) electrons. The minimum absolute atomic E-state index is 0.0243. The molecule has 0 spiro atoms. The Bertz CT molecular complexity index is 708. The molecule has 0 saturated heterocycles. The molecule has 0 amide bonds. The van der Waals surface area contributed by atoms with E-state index in [1.165, 1.54) is 23.7 Å². The lowest BCUT2D eigenvalue weighted by atomic mass is 10.1. The second-order valence-corrected chi connectivity index (χ2v) is 4.25. The van der Waals surface area contributed by atoms with E-state index in [4.69, 9.17) is 4.74 Å². The number of carbonyl (C=O) groups is 1. The van der Waals surface area contributed by atoms with Crippen molar-refractivity contribution in [2.24, 2.45) is 0 Å². The van der Waals surface area contributed by atoms with Gasteiger partial charge in [-0.15, -0.1) is 0 Å². The first kappa shape index (κ1) is 13.0. The molecule has 0 saturated carbocycles. The van der Waals surface area contributed by atoms with Crippen molar-refractivity contribution >= 4 is 5.97 Å². The van der Waals surface area contributed by atoms with E-state index in [0.29, 0.717) is 12.1 Å². The zero-order chi connectivity index (χ0) is 14.5. The molecule has 106 valence electrons. The molecule has 0 aliphatic carbocycles. The van der Waals surface area contributed by atoms with Crippen molar-refractivity contribution in [1.29, 1.82) is 0 Å². The number of hydrogen-bond donors (Lipinski definition) is 0. The van der Waals surface area contributed by atoms with E-state index in [1.54, 1.807) is 23.1 Å². The van der Waals surface area contributed by atoms with E-state index < -0.39 is 5.97 Å². The maximum atomic E-state index is 12.2. The normalized spacial score (nSPS) is 10.5. The van der Waals surface area contributed by atoms with Crippen molar-refractivity contribution in [1.82, 2.24) is 29.5 Å². The molecule has 1 aromatic carbocycles. The molecule has 8 nitrogen and oxygen atoms in total. The van der Waals surface area contributed by atoms with Crippen LogP contribution in [0.4, 0.5) is 0 Å². The summed E-state index contributed by atoms with van der Waals surface area (Å²) in [5, 5.41) is 7.90. The van der Waals surface area contributed by atoms with Crippen molar-refractivity contribution in [2.45, 2.75) is 13.3 Å². The van der Waals surface area contributed by atoms with Gasteiger partial charge < -0.3 is 4.74 Å². The smallest absolute Gasteiger partial charge is 0.340 e. The number of carbonyl (C=O) groups excluding carboxylic acids is 1. The van der Waals surface area contributed by atoms with Gasteiger partial charge in [0.15, 0.2) is 6.73 Å². The lowest BCUT2D eigenvalue weighted by Gasteiger charge is -2.09. The Labute approximate surface area is 120 Å². The Balaban J connectivity index is 1.73. The molecule has 0 aliphatic rings. The number of aromatic nitrogens is 6. The van der Waals surface area contributed by atoms with E-state index in [2.05, 4.69) is 20.2 Å². The Hall–Kier alpha value is -3.03. The van der Waals surface area contributed by atoms with Crippen molar-refractivity contribution in [2.75, 3.05) is 0 Å². The second-order valence-electron chi connectivity index (χ2n) is 4.25. The van der Waals surface area contributed by atoms with Crippen LogP contribution in [0, 0.1) is 0 Å². The number of benzene rings is 1. The van der Waals surface area contributed by atoms with Gasteiger partial charge >= 0.3 is 5.97 Å². The van der Waals surface area contributed by atoms with Crippen LogP contribution in [0.3, 0.4) is 0 Å². The summed E-state index contributed by atoms with van der Waals surface area (Å²) in [6.45, 7) is 0.477. The van der Waals surface area contributed by atoms with Gasteiger partial charge in [0.2, 0.25) is 0 Å². The molecule has 0 bridgehead atoms. The topological polar surface area (TPSA) is 87.7 Å². The molecule has 0 N–H and O–H groups in total. The largest absolute Gasteiger partial charge is 0.439 e. The van der Waals surface area contributed by atoms with Gasteiger partial charge in [0.1, 0.15) is 25.3 Å². The summed E-state index contributed by atoms with van der Waals surface area (Å²) in [6.07, 6.45) is 5.91. The van der Waals surface area contributed by atoms with Gasteiger partial charge in [-0.1, -0.05) is 18.2 Å². The quantitative estimate of drug-likeness (QED) is 0.642. The molecule has 0 fully saturated rings. The third-order valence-electron chi connectivity index (χ3n) is 2.83. The van der Waals surface area contributed by atoms with E-state index >= 15 is 0 Å². The van der Waals surface area contributed by atoms with E-state index in [0.717, 1.165) is 5.56 Å². The molecule has 21 heavy (non-hydrogen) atoms. The van der Waals surface area contributed by atoms with Crippen molar-refractivity contribution < 1.29 is 9.53 Å². The van der Waals surface area contributed by atoms with Crippen LogP contribution >= 0.6 is 0 Å². The molecular formula is C13H12N6O2. The predicted octanol–water partition coefficient (Wildman–Crippen LogP) is 0.732. The molecule has 0 atom stereocenters. The average molecular weight is 284 g/mol. The number of hydrogen-bond acceptors (Lipinski definition) is 6. The molecule has 8 heteroatoms. The fraction of sp³-hybridized carbons (Fsp3) is 0.154. The minimum Gasteiger partial charge on any atom is -0.439 e. The van der Waals surface area contributed by atoms with Crippen LogP contribution in [-0.4, -0.2) is 35.5 Å². The second kappa shape index (κ2) is 5.95. The van der Waals surface area contributed by atoms with E-state index in [-0.39, 0.29) is 6.73 Å². The summed E-state index contributed by atoms with van der Waals surface area (Å²) in [6, 6.07) is 7.22. The molecular weight excluding hydrogens is 272 g/mol. The minimum atomic E-state index is -0.416. The highest BCUT2D eigenvalue weighted by Crippen LogP contribution is 2.12. The highest BCUT2D eigenvalue weighted by atomic mass is 16.5. The first-order valence-corrected chi connectivity index (χ1v) is 6.23. The van der Waals surface area contributed by atoms with Crippen LogP contribution in [-0.2, 0) is 18.0 Å². The fourth-order valence-corrected chi connectivity index (χ4v) is 1.85. The number of ether oxygens (including phenoxy) is 1. The Morgan fingerprint density at radius 1 is 1.05 bits per heavy atom. The molecule has 2 heterocycles. The first-order chi connectivity index (χ1) is 10.3. The SMILES string of the molecule is O=C(OCn1cncn1)c1ccccc1Cn1cncn1. The van der Waals surface area contributed by atoms with Crippen LogP contribution in [0.2, 0.25) is 0 Å². The zero-order valence-electron chi connectivity index (χ0n) is 11.0. The number of esters is 1. The third kappa shape index (κ3) is 3.11. The van der Waals surface area contributed by atoms with Gasteiger partial charge in [-0.3, -0.25) is 0 Å². The van der Waals surface area contributed by atoms with E-state index in [9.17, 15) is 4.79 Å². The van der Waals surface area contributed by atoms with Crippen molar-refractivity contribution in [3.63, 3.8) is 0 Å². The Morgan fingerprint density at radius 3 is 2.48 bits per heavy atom. The standard InChI is InChI=1S/C13H12N6O2/c20-13(21-10-19-9-15-7-17-19)12-4-2-1-3-11(12)5-18-8-14-6-16-18/h1-4,6-9H,5,10H2. The lowest BCUT2D eigenvalue weighted by Crippen LogP contribution is -2.13. The summed E-state index contributed by atoms with van der Waals surface area (Å²) in [5.74, 6) is -0.416. The van der Waals surface area contributed by atoms with Gasteiger partial charge in [-0.05, 0) is 11.6 Å². The van der Waals surface area contributed by atoms with Crippen molar-refractivity contribution in [3.8, 4) is 0 Å². The first-order valence-electron chi connectivity index (χ1n) is 6.23. The van der Waals surface area contributed by atoms with Crippen LogP contribution in [0.15, 0.2) is 49.6 Å². The summed E-state index contributed by atoms with van der Waals surface area (Å²) in [4.78, 5) is 19.8. The highest BCUT2D eigenvalue weighted by molar-refractivity contribution is 5.90. The van der Waals surface area contributed by atoms with Crippen molar-refractivity contribution in [3.05, 3.63) is 60.7 Å². The van der Waals surface area contributed by atoms with Crippen LogP contribution in [0.25, 0.3) is 0 Å². The van der Waals surface area contributed by atoms with Gasteiger partial charge in [0, 0.05) is 0 Å². The van der Waals surface area contributed by atoms with E-state index in [1.807, 2.05) is 12.1 Å². The highest BCUT2D eigenvalue weighted by Gasteiger charge is 2.13. The summed E-state index contributed by atoms with van der Waals surface area (Å²) < 4.78 is 8.28. The average Bonchev–Trinajstić information content (AvgIpc) is 3.18. The fourth-order valence-electron chi connectivity index (χ4n) is 1.85.